The molecule has 5 aliphatic rings. The largest absolute Gasteiger partial charge is 0.383 e. The minimum Gasteiger partial charge on any atom is -0.383 e. The van der Waals surface area contributed by atoms with E-state index in [9.17, 15) is 4.79 Å². The molecule has 8 rings (SSSR count). The number of aromatic nitrogens is 3. The number of methoxy groups -OCH3 is 1. The number of hydrogen-bond acceptors (Lipinski definition) is 9. The van der Waals surface area contributed by atoms with Gasteiger partial charge in [-0.25, -0.2) is 15.0 Å². The molecule has 0 spiro atoms. The van der Waals surface area contributed by atoms with Crippen molar-refractivity contribution in [3.63, 3.8) is 0 Å². The van der Waals surface area contributed by atoms with E-state index in [0.717, 1.165) is 67.7 Å². The van der Waals surface area contributed by atoms with Crippen LogP contribution in [0.3, 0.4) is 0 Å². The molecule has 2 aromatic heterocycles. The van der Waals surface area contributed by atoms with Gasteiger partial charge >= 0.3 is 0 Å². The molecule has 1 aromatic carbocycles. The standard InChI is InChI=1S/C28H36N8O2/c1-38-14-13-34-8-7-30-28(37)21-36-11-9-35(10-12-36)19-22-3-2-4-25(15-22)33-26-16-23(5-6-29-26)24-17-31-27(20-34)32-18-24/h2-6,15-18H,7-14,19-21H2,1H3,(H,29,33)(H,30,37). The maximum Gasteiger partial charge on any atom is 0.234 e. The highest BCUT2D eigenvalue weighted by atomic mass is 16.5. The Morgan fingerprint density at radius 3 is 2.47 bits per heavy atom. The van der Waals surface area contributed by atoms with Crippen molar-refractivity contribution in [2.45, 2.75) is 13.1 Å². The normalized spacial score (nSPS) is 21.0. The van der Waals surface area contributed by atoms with Gasteiger partial charge in [0.2, 0.25) is 5.91 Å². The van der Waals surface area contributed by atoms with E-state index < -0.39 is 0 Å². The summed E-state index contributed by atoms with van der Waals surface area (Å²) >= 11 is 0. The molecule has 1 amide bonds. The van der Waals surface area contributed by atoms with Crippen molar-refractivity contribution in [1.82, 2.24) is 35.0 Å². The molecule has 7 heterocycles. The van der Waals surface area contributed by atoms with Gasteiger partial charge in [-0.05, 0) is 35.4 Å². The van der Waals surface area contributed by atoms with Gasteiger partial charge in [-0.1, -0.05) is 12.1 Å². The minimum absolute atomic E-state index is 0.0678. The average Bonchev–Trinajstić information content (AvgIpc) is 2.93. The molecular weight excluding hydrogens is 480 g/mol. The topological polar surface area (TPSA) is 98.8 Å². The second-order valence-electron chi connectivity index (χ2n) is 9.81. The van der Waals surface area contributed by atoms with Gasteiger partial charge in [0.05, 0.1) is 19.7 Å². The molecule has 2 N–H and O–H groups in total. The van der Waals surface area contributed by atoms with Crippen LogP contribution in [0, 0.1) is 0 Å². The van der Waals surface area contributed by atoms with Crippen molar-refractivity contribution in [2.24, 2.45) is 0 Å². The number of carbonyl (C=O) groups is 1. The zero-order chi connectivity index (χ0) is 26.2. The summed E-state index contributed by atoms with van der Waals surface area (Å²) in [6.45, 7) is 8.16. The second kappa shape index (κ2) is 12.9. The molecule has 10 nitrogen and oxygen atoms in total. The predicted octanol–water partition coefficient (Wildman–Crippen LogP) is 1.98. The Labute approximate surface area is 224 Å². The van der Waals surface area contributed by atoms with E-state index in [-0.39, 0.29) is 5.91 Å². The summed E-state index contributed by atoms with van der Waals surface area (Å²) in [6, 6.07) is 12.5. The van der Waals surface area contributed by atoms with Gasteiger partial charge in [0, 0.05) is 89.3 Å². The summed E-state index contributed by atoms with van der Waals surface area (Å²) < 4.78 is 5.29. The molecule has 0 atom stereocenters. The molecule has 200 valence electrons. The van der Waals surface area contributed by atoms with Crippen molar-refractivity contribution < 1.29 is 9.53 Å². The van der Waals surface area contributed by atoms with Crippen LogP contribution >= 0.6 is 0 Å². The number of benzene rings is 1. The van der Waals surface area contributed by atoms with E-state index in [2.05, 4.69) is 64.6 Å². The third-order valence-electron chi connectivity index (χ3n) is 6.96. The summed E-state index contributed by atoms with van der Waals surface area (Å²) in [6.07, 6.45) is 5.51. The number of anilines is 2. The molecule has 5 aliphatic heterocycles. The summed E-state index contributed by atoms with van der Waals surface area (Å²) in [5.74, 6) is 1.58. The highest BCUT2D eigenvalue weighted by Crippen LogP contribution is 2.23. The van der Waals surface area contributed by atoms with Gasteiger partial charge in [0.25, 0.3) is 0 Å². The number of nitrogens with one attached hydrogen (secondary N) is 2. The fourth-order valence-corrected chi connectivity index (χ4v) is 4.83. The molecule has 38 heavy (non-hydrogen) atoms. The quantitative estimate of drug-likeness (QED) is 0.541. The number of piperazine rings is 1. The molecule has 1 saturated heterocycles. The Hall–Kier alpha value is -3.44. The van der Waals surface area contributed by atoms with Crippen molar-refractivity contribution in [3.8, 4) is 11.1 Å². The second-order valence-corrected chi connectivity index (χ2v) is 9.81. The summed E-state index contributed by atoms with van der Waals surface area (Å²) in [5.41, 5.74) is 4.18. The van der Waals surface area contributed by atoms with Crippen LogP contribution in [0.15, 0.2) is 55.0 Å². The smallest absolute Gasteiger partial charge is 0.234 e. The average molecular weight is 517 g/mol. The Bertz CT molecular complexity index is 1200. The maximum atomic E-state index is 12.6. The number of rotatable bonds is 3. The van der Waals surface area contributed by atoms with Crippen LogP contribution in [-0.2, 0) is 22.6 Å². The first kappa shape index (κ1) is 26.2. The van der Waals surface area contributed by atoms with Crippen LogP contribution in [0.25, 0.3) is 11.1 Å². The Balaban J connectivity index is 1.37. The lowest BCUT2D eigenvalue weighted by Crippen LogP contribution is -2.49. The molecule has 0 unspecified atom stereocenters. The minimum atomic E-state index is 0.0678. The van der Waals surface area contributed by atoms with Crippen LogP contribution in [0.5, 0.6) is 0 Å². The highest BCUT2D eigenvalue weighted by Gasteiger charge is 2.19. The Morgan fingerprint density at radius 1 is 0.895 bits per heavy atom. The fraction of sp³-hybridized carbons (Fsp3) is 0.429. The Kier molecular flexibility index (Phi) is 8.87. The number of hydrogen-bond donors (Lipinski definition) is 2. The van der Waals surface area contributed by atoms with E-state index in [1.165, 1.54) is 5.56 Å². The highest BCUT2D eigenvalue weighted by molar-refractivity contribution is 5.78. The van der Waals surface area contributed by atoms with Crippen LogP contribution in [0.4, 0.5) is 11.5 Å². The van der Waals surface area contributed by atoms with Gasteiger partial charge in [-0.3, -0.25) is 19.5 Å². The molecule has 1 fully saturated rings. The zero-order valence-electron chi connectivity index (χ0n) is 22.0. The third-order valence-corrected chi connectivity index (χ3v) is 6.96. The Morgan fingerprint density at radius 2 is 1.68 bits per heavy atom. The molecule has 0 aliphatic carbocycles. The molecule has 8 bridgehead atoms. The lowest BCUT2D eigenvalue weighted by molar-refractivity contribution is -0.122. The number of nitrogens with zero attached hydrogens (tertiary/aromatic N) is 6. The van der Waals surface area contributed by atoms with Crippen molar-refractivity contribution in [3.05, 3.63) is 66.4 Å². The van der Waals surface area contributed by atoms with E-state index in [1.807, 2.05) is 24.5 Å². The number of carbonyl (C=O) groups excluding carboxylic acids is 1. The maximum absolute atomic E-state index is 12.6. The lowest BCUT2D eigenvalue weighted by Gasteiger charge is -2.34. The summed E-state index contributed by atoms with van der Waals surface area (Å²) in [4.78, 5) is 33.3. The van der Waals surface area contributed by atoms with E-state index in [4.69, 9.17) is 4.74 Å². The first-order valence-electron chi connectivity index (χ1n) is 13.2. The van der Waals surface area contributed by atoms with Crippen LogP contribution in [0.1, 0.15) is 11.4 Å². The van der Waals surface area contributed by atoms with E-state index in [1.54, 1.807) is 13.3 Å². The van der Waals surface area contributed by atoms with Gasteiger partial charge in [0.15, 0.2) is 0 Å². The van der Waals surface area contributed by atoms with E-state index >= 15 is 0 Å². The molecular formula is C28H36N8O2. The third kappa shape index (κ3) is 7.32. The fourth-order valence-electron chi connectivity index (χ4n) is 4.83. The van der Waals surface area contributed by atoms with Crippen LogP contribution in [0.2, 0.25) is 0 Å². The monoisotopic (exact) mass is 516 g/mol. The summed E-state index contributed by atoms with van der Waals surface area (Å²) in [7, 11) is 1.69. The SMILES string of the molecule is COCCN1CCNC(=O)CN2CCN(CC2)Cc2cccc(c2)Nc2cc(ccn2)-c2cnc(nc2)C1. The first-order valence-corrected chi connectivity index (χ1v) is 13.2. The van der Waals surface area contributed by atoms with Crippen LogP contribution in [-0.4, -0.2) is 102 Å². The van der Waals surface area contributed by atoms with Crippen LogP contribution < -0.4 is 10.6 Å². The molecule has 0 saturated carbocycles. The predicted molar refractivity (Wildman–Crippen MR) is 147 cm³/mol. The van der Waals surface area contributed by atoms with E-state index in [0.29, 0.717) is 32.8 Å². The van der Waals surface area contributed by atoms with Gasteiger partial charge < -0.3 is 15.4 Å². The molecule has 0 radical (unpaired) electrons. The number of ether oxygens (including phenoxy) is 1. The van der Waals surface area contributed by atoms with Gasteiger partial charge in [-0.2, -0.15) is 0 Å². The lowest BCUT2D eigenvalue weighted by atomic mass is 10.1. The van der Waals surface area contributed by atoms with Gasteiger partial charge in [-0.15, -0.1) is 0 Å². The molecule has 10 heteroatoms. The molecule has 3 aromatic rings. The number of amides is 1. The van der Waals surface area contributed by atoms with Crippen molar-refractivity contribution in [1.29, 1.82) is 0 Å². The first-order chi connectivity index (χ1) is 18.6. The summed E-state index contributed by atoms with van der Waals surface area (Å²) in [5, 5.41) is 6.54. The number of pyridine rings is 1. The zero-order valence-corrected chi connectivity index (χ0v) is 22.0. The van der Waals surface area contributed by atoms with Crippen molar-refractivity contribution in [2.75, 3.05) is 71.4 Å². The van der Waals surface area contributed by atoms with Crippen molar-refractivity contribution >= 4 is 17.4 Å². The van der Waals surface area contributed by atoms with Gasteiger partial charge in [0.1, 0.15) is 11.6 Å².